The lowest BCUT2D eigenvalue weighted by molar-refractivity contribution is -0.144. The van der Waals surface area contributed by atoms with Gasteiger partial charge >= 0.3 is 5.97 Å². The van der Waals surface area contributed by atoms with Gasteiger partial charge in [-0.1, -0.05) is 31.9 Å². The second kappa shape index (κ2) is 2.81. The fourth-order valence-electron chi connectivity index (χ4n) is 0.712. The summed E-state index contributed by atoms with van der Waals surface area (Å²) >= 11 is 6.68. The Morgan fingerprint density at radius 3 is 2.60 bits per heavy atom. The number of rotatable bonds is 2. The second-order valence-electron chi connectivity index (χ2n) is 2.27. The highest BCUT2D eigenvalue weighted by Crippen LogP contribution is 2.56. The Morgan fingerprint density at radius 2 is 2.30 bits per heavy atom. The summed E-state index contributed by atoms with van der Waals surface area (Å²) in [4.78, 5) is 10.9. The Kier molecular flexibility index (Phi) is 2.40. The van der Waals surface area contributed by atoms with Crippen molar-refractivity contribution in [3.63, 3.8) is 0 Å². The van der Waals surface area contributed by atoms with Crippen LogP contribution in [0.1, 0.15) is 13.3 Å². The minimum Gasteiger partial charge on any atom is -0.466 e. The van der Waals surface area contributed by atoms with E-state index >= 15 is 0 Å². The summed E-state index contributed by atoms with van der Waals surface area (Å²) in [5.74, 6) is -0.108. The molecule has 1 unspecified atom stereocenters. The van der Waals surface area contributed by atoms with E-state index in [9.17, 15) is 4.79 Å². The summed E-state index contributed by atoms with van der Waals surface area (Å²) in [5.41, 5.74) is 0. The van der Waals surface area contributed by atoms with Gasteiger partial charge < -0.3 is 4.74 Å². The van der Waals surface area contributed by atoms with Gasteiger partial charge in [-0.15, -0.1) is 0 Å². The van der Waals surface area contributed by atoms with Gasteiger partial charge in [0.15, 0.2) is 0 Å². The van der Waals surface area contributed by atoms with Gasteiger partial charge in [-0.2, -0.15) is 0 Å². The molecular formula is C6H8Br2O2. The van der Waals surface area contributed by atoms with Crippen LogP contribution in [0.15, 0.2) is 0 Å². The Morgan fingerprint density at radius 1 is 1.80 bits per heavy atom. The molecule has 0 heterocycles. The normalized spacial score (nSPS) is 27.7. The molecule has 1 aliphatic rings. The zero-order valence-corrected chi connectivity index (χ0v) is 8.74. The van der Waals surface area contributed by atoms with Crippen LogP contribution < -0.4 is 0 Å². The molecule has 0 N–H and O–H groups in total. The molecule has 0 aromatic rings. The van der Waals surface area contributed by atoms with Crippen molar-refractivity contribution in [3.8, 4) is 0 Å². The number of halogens is 2. The molecule has 0 aromatic heterocycles. The average Bonchev–Trinajstić information content (AvgIpc) is 2.41. The number of hydrogen-bond donors (Lipinski definition) is 0. The quantitative estimate of drug-likeness (QED) is 0.568. The topological polar surface area (TPSA) is 26.3 Å². The first-order valence-electron chi connectivity index (χ1n) is 3.12. The summed E-state index contributed by atoms with van der Waals surface area (Å²) in [6.07, 6.45) is 0.825. The van der Waals surface area contributed by atoms with Crippen LogP contribution in [-0.4, -0.2) is 15.8 Å². The second-order valence-corrected chi connectivity index (χ2v) is 6.16. The first-order valence-corrected chi connectivity index (χ1v) is 4.71. The van der Waals surface area contributed by atoms with Gasteiger partial charge in [0.05, 0.1) is 15.8 Å². The molecule has 1 atom stereocenters. The molecule has 0 saturated heterocycles. The first kappa shape index (κ1) is 8.53. The Bertz CT molecular complexity index is 156. The molecule has 0 amide bonds. The molecule has 0 radical (unpaired) electrons. The van der Waals surface area contributed by atoms with Crippen LogP contribution in [0.25, 0.3) is 0 Å². The van der Waals surface area contributed by atoms with Crippen LogP contribution in [-0.2, 0) is 9.53 Å². The van der Waals surface area contributed by atoms with Crippen LogP contribution >= 0.6 is 31.9 Å². The Balaban J connectivity index is 2.33. The van der Waals surface area contributed by atoms with E-state index in [-0.39, 0.29) is 15.1 Å². The lowest BCUT2D eigenvalue weighted by atomic mass is 10.4. The van der Waals surface area contributed by atoms with Crippen molar-refractivity contribution in [2.75, 3.05) is 6.61 Å². The molecule has 1 saturated carbocycles. The van der Waals surface area contributed by atoms with Crippen LogP contribution in [0, 0.1) is 5.92 Å². The van der Waals surface area contributed by atoms with Gasteiger partial charge in [0.25, 0.3) is 0 Å². The lowest BCUT2D eigenvalue weighted by Crippen LogP contribution is -2.09. The minimum atomic E-state index is -0.160. The third-order valence-corrected chi connectivity index (χ3v) is 3.15. The third kappa shape index (κ3) is 1.72. The third-order valence-electron chi connectivity index (χ3n) is 1.40. The molecule has 0 aromatic carbocycles. The van der Waals surface area contributed by atoms with Crippen LogP contribution in [0.2, 0.25) is 0 Å². The maximum atomic E-state index is 10.9. The van der Waals surface area contributed by atoms with E-state index < -0.39 is 0 Å². The van der Waals surface area contributed by atoms with Crippen LogP contribution in [0.3, 0.4) is 0 Å². The van der Waals surface area contributed by atoms with E-state index in [4.69, 9.17) is 4.74 Å². The molecular weight excluding hydrogens is 264 g/mol. The fraction of sp³-hybridized carbons (Fsp3) is 0.833. The average molecular weight is 272 g/mol. The number of carbonyl (C=O) groups excluding carboxylic acids is 1. The standard InChI is InChI=1S/C6H8Br2O2/c1-2-10-5(9)4-3-6(4,7)8/h4H,2-3H2,1H3. The van der Waals surface area contributed by atoms with Crippen LogP contribution in [0.5, 0.6) is 0 Å². The number of carbonyl (C=O) groups is 1. The van der Waals surface area contributed by atoms with E-state index in [1.54, 1.807) is 0 Å². The predicted molar refractivity (Wildman–Crippen MR) is 45.3 cm³/mol. The fourth-order valence-corrected chi connectivity index (χ4v) is 1.73. The van der Waals surface area contributed by atoms with E-state index in [0.29, 0.717) is 6.61 Å². The van der Waals surface area contributed by atoms with Crippen LogP contribution in [0.4, 0.5) is 0 Å². The monoisotopic (exact) mass is 270 g/mol. The van der Waals surface area contributed by atoms with Gasteiger partial charge in [0.1, 0.15) is 0 Å². The van der Waals surface area contributed by atoms with Gasteiger partial charge in [-0.05, 0) is 13.3 Å². The molecule has 1 aliphatic carbocycles. The van der Waals surface area contributed by atoms with Gasteiger partial charge in [-0.25, -0.2) is 0 Å². The van der Waals surface area contributed by atoms with Gasteiger partial charge in [0.2, 0.25) is 0 Å². The minimum absolute atomic E-state index is 0.00690. The number of hydrogen-bond acceptors (Lipinski definition) is 2. The zero-order valence-electron chi connectivity index (χ0n) is 5.56. The zero-order chi connectivity index (χ0) is 7.78. The predicted octanol–water partition coefficient (Wildman–Crippen LogP) is 2.06. The summed E-state index contributed by atoms with van der Waals surface area (Å²) < 4.78 is 4.64. The van der Waals surface area contributed by atoms with E-state index in [0.717, 1.165) is 6.42 Å². The summed E-state index contributed by atoms with van der Waals surface area (Å²) in [7, 11) is 0. The highest BCUT2D eigenvalue weighted by molar-refractivity contribution is 9.25. The molecule has 2 nitrogen and oxygen atoms in total. The van der Waals surface area contributed by atoms with Gasteiger partial charge in [-0.3, -0.25) is 4.79 Å². The van der Waals surface area contributed by atoms with Crippen molar-refractivity contribution in [1.82, 2.24) is 0 Å². The van der Waals surface area contributed by atoms with E-state index in [1.165, 1.54) is 0 Å². The Hall–Kier alpha value is 0.430. The highest BCUT2D eigenvalue weighted by atomic mass is 79.9. The summed E-state index contributed by atoms with van der Waals surface area (Å²) in [6.45, 7) is 2.27. The maximum Gasteiger partial charge on any atom is 0.311 e. The molecule has 58 valence electrons. The van der Waals surface area contributed by atoms with Crippen molar-refractivity contribution in [3.05, 3.63) is 0 Å². The molecule has 1 fully saturated rings. The summed E-state index contributed by atoms with van der Waals surface area (Å²) in [5, 5.41) is 0. The Labute approximate surface area is 76.6 Å². The van der Waals surface area contributed by atoms with Crippen molar-refractivity contribution in [2.45, 2.75) is 16.6 Å². The number of ether oxygens (including phenoxy) is 1. The largest absolute Gasteiger partial charge is 0.466 e. The highest BCUT2D eigenvalue weighted by Gasteiger charge is 2.56. The SMILES string of the molecule is CCOC(=O)C1CC1(Br)Br. The number of esters is 1. The summed E-state index contributed by atoms with van der Waals surface area (Å²) in [6, 6.07) is 0. The molecule has 10 heavy (non-hydrogen) atoms. The van der Waals surface area contributed by atoms with E-state index in [1.807, 2.05) is 6.92 Å². The molecule has 0 bridgehead atoms. The number of alkyl halides is 2. The maximum absolute atomic E-state index is 10.9. The molecule has 1 rings (SSSR count). The van der Waals surface area contributed by atoms with E-state index in [2.05, 4.69) is 31.9 Å². The molecule has 4 heteroatoms. The first-order chi connectivity index (χ1) is 4.58. The molecule has 0 spiro atoms. The van der Waals surface area contributed by atoms with Crippen molar-refractivity contribution < 1.29 is 9.53 Å². The van der Waals surface area contributed by atoms with Gasteiger partial charge in [0, 0.05) is 0 Å². The molecule has 0 aliphatic heterocycles. The van der Waals surface area contributed by atoms with Crippen molar-refractivity contribution in [2.24, 2.45) is 5.92 Å². The lowest BCUT2D eigenvalue weighted by Gasteiger charge is -1.99. The van der Waals surface area contributed by atoms with Crippen molar-refractivity contribution in [1.29, 1.82) is 0 Å². The van der Waals surface area contributed by atoms with Crippen molar-refractivity contribution >= 4 is 37.8 Å². The smallest absolute Gasteiger partial charge is 0.311 e.